The number of piperidine rings is 1. The number of nitrogens with one attached hydrogen (secondary N) is 3. The molecule has 6 heterocycles. The number of H-pyrrole nitrogens is 1. The summed E-state index contributed by atoms with van der Waals surface area (Å²) in [6.45, 7) is 2.69. The van der Waals surface area contributed by atoms with Crippen LogP contribution in [0, 0.1) is 0 Å². The molecule has 1 aliphatic carbocycles. The summed E-state index contributed by atoms with van der Waals surface area (Å²) < 4.78 is 25.5. The average molecular weight is 608 g/mol. The molecule has 2 unspecified atom stereocenters. The first-order valence-electron chi connectivity index (χ1n) is 15.0. The van der Waals surface area contributed by atoms with Gasteiger partial charge in [-0.1, -0.05) is 24.3 Å². The summed E-state index contributed by atoms with van der Waals surface area (Å²) in [6, 6.07) is 22.8. The lowest BCUT2D eigenvalue weighted by atomic mass is 9.86. The second-order valence-corrected chi connectivity index (χ2v) is 13.9. The van der Waals surface area contributed by atoms with Crippen LogP contribution in [0.15, 0.2) is 72.9 Å². The Balaban J connectivity index is 0.954. The van der Waals surface area contributed by atoms with E-state index in [1.165, 1.54) is 30.5 Å². The topological polar surface area (TPSA) is 132 Å². The maximum atomic E-state index is 11.5. The number of fused-ring (bicyclic) bond motifs is 3. The molecule has 9 rings (SSSR count). The first kappa shape index (κ1) is 27.0. The zero-order valence-corrected chi connectivity index (χ0v) is 25.1. The number of piperazine rings is 1. The highest BCUT2D eigenvalue weighted by atomic mass is 32.2. The number of sulfonamides is 1. The van der Waals surface area contributed by atoms with Crippen LogP contribution in [0.2, 0.25) is 0 Å². The third-order valence-corrected chi connectivity index (χ3v) is 9.37. The Morgan fingerprint density at radius 2 is 1.77 bits per heavy atom. The van der Waals surface area contributed by atoms with Crippen LogP contribution in [0.3, 0.4) is 0 Å². The summed E-state index contributed by atoms with van der Waals surface area (Å²) >= 11 is 0. The fraction of sp³-hybridized carbons (Fsp3) is 0.312. The summed E-state index contributed by atoms with van der Waals surface area (Å²) in [5.74, 6) is 3.66. The maximum absolute atomic E-state index is 11.5. The molecule has 4 aliphatic rings. The Labute approximate surface area is 255 Å². The third-order valence-electron chi connectivity index (χ3n) is 8.76. The van der Waals surface area contributed by atoms with Crippen molar-refractivity contribution in [3.05, 3.63) is 84.2 Å². The smallest absolute Gasteiger partial charge is 0.229 e. The van der Waals surface area contributed by atoms with E-state index in [0.717, 1.165) is 59.8 Å². The van der Waals surface area contributed by atoms with E-state index < -0.39 is 10.0 Å². The van der Waals surface area contributed by atoms with E-state index in [-0.39, 0.29) is 0 Å². The zero-order valence-electron chi connectivity index (χ0n) is 24.3. The molecule has 2 bridgehead atoms. The highest BCUT2D eigenvalue weighted by Gasteiger charge is 2.44. The van der Waals surface area contributed by atoms with Crippen molar-refractivity contribution in [2.45, 2.75) is 43.8 Å². The molecule has 1 saturated carbocycles. The lowest BCUT2D eigenvalue weighted by Crippen LogP contribution is -2.68. The van der Waals surface area contributed by atoms with Crippen molar-refractivity contribution in [2.75, 3.05) is 34.3 Å². The number of benzene rings is 2. The molecule has 44 heavy (non-hydrogen) atoms. The Morgan fingerprint density at radius 3 is 2.50 bits per heavy atom. The molecule has 0 radical (unpaired) electrons. The normalized spacial score (nSPS) is 20.0. The molecule has 3 N–H and O–H groups in total. The van der Waals surface area contributed by atoms with Gasteiger partial charge in [0.05, 0.1) is 11.8 Å². The van der Waals surface area contributed by atoms with Crippen LogP contribution in [-0.2, 0) is 16.6 Å². The van der Waals surface area contributed by atoms with Crippen LogP contribution in [0.1, 0.15) is 36.4 Å². The van der Waals surface area contributed by atoms with E-state index in [1.807, 2.05) is 54.7 Å². The summed E-state index contributed by atoms with van der Waals surface area (Å²) in [7, 11) is -3.28. The van der Waals surface area contributed by atoms with Gasteiger partial charge in [0.1, 0.15) is 11.6 Å². The minimum absolute atomic E-state index is 0.462. The van der Waals surface area contributed by atoms with Crippen molar-refractivity contribution in [1.29, 1.82) is 0 Å². The molecule has 0 amide bonds. The monoisotopic (exact) mass is 607 g/mol. The van der Waals surface area contributed by atoms with E-state index in [2.05, 4.69) is 48.2 Å². The summed E-state index contributed by atoms with van der Waals surface area (Å²) in [4.78, 5) is 19.5. The van der Waals surface area contributed by atoms with Crippen molar-refractivity contribution >= 4 is 44.1 Å². The number of pyridine rings is 1. The molecule has 2 atom stereocenters. The average Bonchev–Trinajstić information content (AvgIpc) is 3.78. The van der Waals surface area contributed by atoms with Crippen molar-refractivity contribution in [1.82, 2.24) is 30.0 Å². The second kappa shape index (κ2) is 10.6. The number of aromatic nitrogens is 5. The molecule has 3 aromatic heterocycles. The van der Waals surface area contributed by atoms with Crippen LogP contribution < -0.4 is 14.9 Å². The molecule has 2 aromatic carbocycles. The largest absolute Gasteiger partial charge is 0.353 e. The minimum Gasteiger partial charge on any atom is -0.353 e. The lowest BCUT2D eigenvalue weighted by molar-refractivity contribution is -0.00867. The number of anilines is 4. The lowest BCUT2D eigenvalue weighted by Gasteiger charge is -2.56. The molecule has 12 heteroatoms. The van der Waals surface area contributed by atoms with Gasteiger partial charge < -0.3 is 10.2 Å². The second-order valence-electron chi connectivity index (χ2n) is 12.1. The van der Waals surface area contributed by atoms with Crippen LogP contribution in [-0.4, -0.2) is 69.9 Å². The summed E-state index contributed by atoms with van der Waals surface area (Å²) in [6.07, 6.45) is 6.64. The minimum atomic E-state index is -3.28. The van der Waals surface area contributed by atoms with Gasteiger partial charge in [-0.15, -0.1) is 0 Å². The first-order chi connectivity index (χ1) is 21.3. The maximum Gasteiger partial charge on any atom is 0.229 e. The van der Waals surface area contributed by atoms with Crippen molar-refractivity contribution < 1.29 is 8.42 Å². The van der Waals surface area contributed by atoms with Crippen molar-refractivity contribution in [3.63, 3.8) is 0 Å². The number of hydrogen-bond acceptors (Lipinski definition) is 9. The zero-order chi connectivity index (χ0) is 29.8. The SMILES string of the molecule is CS(=O)(=O)Nc1ccc(CN2C3CC2CN(c2ccc(-c4nc(Nc5cc(C6CC6)[nH]n5)c5ccccc5n4)cn2)C3)cc1. The quantitative estimate of drug-likeness (QED) is 0.215. The van der Waals surface area contributed by atoms with Crippen molar-refractivity contribution in [2.24, 2.45) is 0 Å². The van der Waals surface area contributed by atoms with Crippen molar-refractivity contribution in [3.8, 4) is 11.4 Å². The van der Waals surface area contributed by atoms with E-state index >= 15 is 0 Å². The van der Waals surface area contributed by atoms with Gasteiger partial charge in [0, 0.05) is 72.2 Å². The standard InChI is InChI=1S/C32H33N9O2S/c1-44(42,43)39-23-11-6-20(7-12-23)17-41-24-14-25(41)19-40(18-24)30-13-10-22(16-33-30)31-34-27-5-3-2-4-26(27)32(36-31)35-29-15-28(37-38-29)21-8-9-21/h2-7,10-13,15-16,21,24-25,39H,8-9,14,17-19H2,1H3,(H2,34,35,36,37,38). The highest BCUT2D eigenvalue weighted by Crippen LogP contribution is 2.40. The molecule has 4 fully saturated rings. The Kier molecular flexibility index (Phi) is 6.49. The summed E-state index contributed by atoms with van der Waals surface area (Å²) in [5, 5.41) is 12.0. The predicted octanol–water partition coefficient (Wildman–Crippen LogP) is 4.87. The van der Waals surface area contributed by atoms with Crippen LogP contribution >= 0.6 is 0 Å². The number of aromatic amines is 1. The highest BCUT2D eigenvalue weighted by molar-refractivity contribution is 7.92. The van der Waals surface area contributed by atoms with Gasteiger partial charge >= 0.3 is 0 Å². The van der Waals surface area contributed by atoms with E-state index in [0.29, 0.717) is 29.5 Å². The van der Waals surface area contributed by atoms with E-state index in [9.17, 15) is 8.42 Å². The molecule has 11 nitrogen and oxygen atoms in total. The van der Waals surface area contributed by atoms with Gasteiger partial charge in [-0.25, -0.2) is 23.4 Å². The first-order valence-corrected chi connectivity index (χ1v) is 16.9. The van der Waals surface area contributed by atoms with Crippen LogP contribution in [0.25, 0.3) is 22.3 Å². The van der Waals surface area contributed by atoms with Gasteiger partial charge in [0.15, 0.2) is 11.6 Å². The molecule has 0 spiro atoms. The van der Waals surface area contributed by atoms with Gasteiger partial charge in [0.2, 0.25) is 10.0 Å². The van der Waals surface area contributed by atoms with Gasteiger partial charge in [0.25, 0.3) is 0 Å². The van der Waals surface area contributed by atoms with Crippen LogP contribution in [0.4, 0.5) is 23.1 Å². The van der Waals surface area contributed by atoms with E-state index in [4.69, 9.17) is 15.0 Å². The molecule has 224 valence electrons. The fourth-order valence-corrected chi connectivity index (χ4v) is 6.93. The third kappa shape index (κ3) is 5.46. The summed E-state index contributed by atoms with van der Waals surface area (Å²) in [5.41, 5.74) is 4.65. The fourth-order valence-electron chi connectivity index (χ4n) is 6.37. The van der Waals surface area contributed by atoms with Gasteiger partial charge in [-0.3, -0.25) is 14.7 Å². The molecular weight excluding hydrogens is 574 g/mol. The van der Waals surface area contributed by atoms with Gasteiger partial charge in [-0.2, -0.15) is 5.10 Å². The molecule has 3 saturated heterocycles. The molecule has 3 aliphatic heterocycles. The Hall–Kier alpha value is -4.55. The molecule has 5 aromatic rings. The number of para-hydroxylation sites is 1. The Morgan fingerprint density at radius 1 is 0.977 bits per heavy atom. The number of rotatable bonds is 9. The van der Waals surface area contributed by atoms with E-state index in [1.54, 1.807) is 0 Å². The Bertz CT molecular complexity index is 1930. The number of nitrogens with zero attached hydrogens (tertiary/aromatic N) is 6. The van der Waals surface area contributed by atoms with Gasteiger partial charge in [-0.05, 0) is 61.2 Å². The molecular formula is C32H33N9O2S. The number of hydrogen-bond donors (Lipinski definition) is 3. The predicted molar refractivity (Wildman–Crippen MR) is 171 cm³/mol. The van der Waals surface area contributed by atoms with Crippen LogP contribution in [0.5, 0.6) is 0 Å².